The highest BCUT2D eigenvalue weighted by atomic mass is 19.1. The van der Waals surface area contributed by atoms with E-state index in [1.807, 2.05) is 0 Å². The van der Waals surface area contributed by atoms with E-state index in [0.717, 1.165) is 30.6 Å². The number of fused-ring (bicyclic) bond motifs is 3. The molecule has 0 amide bonds. The van der Waals surface area contributed by atoms with Crippen molar-refractivity contribution in [1.29, 1.82) is 0 Å². The van der Waals surface area contributed by atoms with Crippen LogP contribution in [0.25, 0.3) is 10.9 Å². The molecule has 1 aromatic heterocycles. The fraction of sp³-hybridized carbons (Fsp3) is 0.429. The number of phenols is 1. The molecule has 0 spiro atoms. The normalized spacial score (nSPS) is 20.9. The summed E-state index contributed by atoms with van der Waals surface area (Å²) in [4.78, 5) is 5.55. The first-order chi connectivity index (χ1) is 8.56. The quantitative estimate of drug-likeness (QED) is 0.751. The molecule has 1 aliphatic heterocycles. The van der Waals surface area contributed by atoms with Gasteiger partial charge in [0.05, 0.1) is 5.52 Å². The number of nitrogens with zero attached hydrogens (tertiary/aromatic N) is 1. The van der Waals surface area contributed by atoms with Gasteiger partial charge in [0.1, 0.15) is 11.6 Å². The van der Waals surface area contributed by atoms with Crippen molar-refractivity contribution in [3.8, 4) is 5.75 Å². The van der Waals surface area contributed by atoms with Crippen molar-refractivity contribution in [1.82, 2.24) is 9.88 Å². The van der Waals surface area contributed by atoms with Gasteiger partial charge < -0.3 is 15.0 Å². The second-order valence-electron chi connectivity index (χ2n) is 5.22. The van der Waals surface area contributed by atoms with Crippen LogP contribution in [0.4, 0.5) is 4.39 Å². The fourth-order valence-corrected chi connectivity index (χ4v) is 2.80. The molecule has 1 aliphatic rings. The van der Waals surface area contributed by atoms with Gasteiger partial charge >= 0.3 is 0 Å². The van der Waals surface area contributed by atoms with Crippen molar-refractivity contribution >= 4 is 10.9 Å². The van der Waals surface area contributed by atoms with Crippen LogP contribution in [0.2, 0.25) is 0 Å². The Balaban J connectivity index is 2.20. The Morgan fingerprint density at radius 1 is 1.44 bits per heavy atom. The zero-order valence-electron chi connectivity index (χ0n) is 10.6. The zero-order chi connectivity index (χ0) is 12.9. The summed E-state index contributed by atoms with van der Waals surface area (Å²) in [5.41, 5.74) is 2.87. The van der Waals surface area contributed by atoms with E-state index in [-0.39, 0.29) is 11.6 Å². The summed E-state index contributed by atoms with van der Waals surface area (Å²) >= 11 is 0. The first kappa shape index (κ1) is 11.5. The minimum absolute atomic E-state index is 0.0263. The maximum Gasteiger partial charge on any atom is 0.136 e. The van der Waals surface area contributed by atoms with E-state index in [2.05, 4.69) is 23.9 Å². The van der Waals surface area contributed by atoms with Crippen molar-refractivity contribution in [3.05, 3.63) is 29.2 Å². The summed E-state index contributed by atoms with van der Waals surface area (Å²) in [6.07, 6.45) is 1.73. The lowest BCUT2D eigenvalue weighted by Gasteiger charge is -2.21. The van der Waals surface area contributed by atoms with Gasteiger partial charge in [0.2, 0.25) is 0 Å². The average Bonchev–Trinajstić information content (AvgIpc) is 2.56. The number of hydrogen-bond donors (Lipinski definition) is 2. The third kappa shape index (κ3) is 1.68. The lowest BCUT2D eigenvalue weighted by Crippen LogP contribution is -2.30. The number of hydrogen-bond acceptors (Lipinski definition) is 2. The van der Waals surface area contributed by atoms with Crippen LogP contribution in [-0.4, -0.2) is 34.6 Å². The number of phenolic OH excluding ortho intramolecular Hbond substituents is 1. The molecule has 2 N–H and O–H groups in total. The molecule has 1 atom stereocenters. The third-order valence-electron chi connectivity index (χ3n) is 3.99. The Kier molecular flexibility index (Phi) is 2.55. The Morgan fingerprint density at radius 3 is 3.00 bits per heavy atom. The molecule has 1 unspecified atom stereocenters. The Morgan fingerprint density at radius 2 is 2.22 bits per heavy atom. The van der Waals surface area contributed by atoms with Crippen molar-refractivity contribution in [2.75, 3.05) is 13.6 Å². The van der Waals surface area contributed by atoms with E-state index in [4.69, 9.17) is 0 Å². The van der Waals surface area contributed by atoms with Crippen LogP contribution in [0.3, 0.4) is 0 Å². The van der Waals surface area contributed by atoms with Gasteiger partial charge in [-0.15, -0.1) is 0 Å². The van der Waals surface area contributed by atoms with Crippen LogP contribution < -0.4 is 0 Å². The van der Waals surface area contributed by atoms with Crippen LogP contribution in [-0.2, 0) is 12.8 Å². The Labute approximate surface area is 105 Å². The predicted molar refractivity (Wildman–Crippen MR) is 69.4 cm³/mol. The molecule has 0 aliphatic carbocycles. The van der Waals surface area contributed by atoms with Gasteiger partial charge in [0.25, 0.3) is 0 Å². The highest BCUT2D eigenvalue weighted by Crippen LogP contribution is 2.31. The van der Waals surface area contributed by atoms with E-state index in [1.54, 1.807) is 6.07 Å². The van der Waals surface area contributed by atoms with Crippen LogP contribution in [0.5, 0.6) is 5.75 Å². The summed E-state index contributed by atoms with van der Waals surface area (Å²) < 4.78 is 14.0. The number of nitrogens with one attached hydrogen (secondary N) is 1. The molecule has 96 valence electrons. The molecule has 0 radical (unpaired) electrons. The zero-order valence-corrected chi connectivity index (χ0v) is 10.6. The monoisotopic (exact) mass is 248 g/mol. The SMILES string of the molecule is CC1Cc2[nH]c3cc(O)cc(F)c3c2CCN1C. The Bertz CT molecular complexity index is 605. The summed E-state index contributed by atoms with van der Waals surface area (Å²) in [6, 6.07) is 3.23. The summed E-state index contributed by atoms with van der Waals surface area (Å²) in [7, 11) is 2.10. The highest BCUT2D eigenvalue weighted by molar-refractivity contribution is 5.86. The van der Waals surface area contributed by atoms with Gasteiger partial charge in [0, 0.05) is 42.2 Å². The largest absolute Gasteiger partial charge is 0.508 e. The summed E-state index contributed by atoms with van der Waals surface area (Å²) in [5.74, 6) is -0.360. The topological polar surface area (TPSA) is 39.3 Å². The molecule has 0 saturated carbocycles. The number of H-pyrrole nitrogens is 1. The minimum Gasteiger partial charge on any atom is -0.508 e. The van der Waals surface area contributed by atoms with Crippen LogP contribution >= 0.6 is 0 Å². The molecule has 4 heteroatoms. The first-order valence-corrected chi connectivity index (χ1v) is 6.28. The average molecular weight is 248 g/mol. The van der Waals surface area contributed by atoms with Crippen molar-refractivity contribution in [2.24, 2.45) is 0 Å². The molecule has 0 bridgehead atoms. The van der Waals surface area contributed by atoms with E-state index in [9.17, 15) is 9.50 Å². The van der Waals surface area contributed by atoms with Crippen molar-refractivity contribution < 1.29 is 9.50 Å². The number of halogens is 1. The second kappa shape index (κ2) is 3.99. The number of likely N-dealkylation sites (N-methyl/N-ethyl adjacent to an activating group) is 1. The van der Waals surface area contributed by atoms with Crippen LogP contribution in [0.15, 0.2) is 12.1 Å². The molecular formula is C14H17FN2O. The van der Waals surface area contributed by atoms with Crippen LogP contribution in [0.1, 0.15) is 18.2 Å². The Hall–Kier alpha value is -1.55. The number of aromatic nitrogens is 1. The standard InChI is InChI=1S/C14H17FN2O/c1-8-5-12-10(3-4-17(8)2)14-11(15)6-9(18)7-13(14)16-12/h6-8,16,18H,3-5H2,1-2H3. The van der Waals surface area contributed by atoms with Gasteiger partial charge in [-0.25, -0.2) is 4.39 Å². The number of rotatable bonds is 0. The van der Waals surface area contributed by atoms with Gasteiger partial charge in [0.15, 0.2) is 0 Å². The first-order valence-electron chi connectivity index (χ1n) is 6.28. The molecule has 3 nitrogen and oxygen atoms in total. The van der Waals surface area contributed by atoms with Crippen LogP contribution in [0, 0.1) is 5.82 Å². The lowest BCUT2D eigenvalue weighted by molar-refractivity contribution is 0.267. The van der Waals surface area contributed by atoms with E-state index >= 15 is 0 Å². The molecular weight excluding hydrogens is 231 g/mol. The van der Waals surface area contributed by atoms with E-state index in [1.165, 1.54) is 6.07 Å². The molecule has 0 saturated heterocycles. The van der Waals surface area contributed by atoms with E-state index < -0.39 is 0 Å². The number of benzene rings is 1. The van der Waals surface area contributed by atoms with Crippen molar-refractivity contribution in [2.45, 2.75) is 25.8 Å². The summed E-state index contributed by atoms with van der Waals surface area (Å²) in [5, 5.41) is 10.1. The van der Waals surface area contributed by atoms with Gasteiger partial charge in [-0.3, -0.25) is 0 Å². The van der Waals surface area contributed by atoms with Gasteiger partial charge in [-0.2, -0.15) is 0 Å². The summed E-state index contributed by atoms with van der Waals surface area (Å²) in [6.45, 7) is 3.11. The molecule has 3 rings (SSSR count). The lowest BCUT2D eigenvalue weighted by atomic mass is 10.1. The maximum absolute atomic E-state index is 14.0. The molecule has 18 heavy (non-hydrogen) atoms. The third-order valence-corrected chi connectivity index (χ3v) is 3.99. The highest BCUT2D eigenvalue weighted by Gasteiger charge is 2.22. The smallest absolute Gasteiger partial charge is 0.136 e. The molecule has 0 fully saturated rings. The van der Waals surface area contributed by atoms with Gasteiger partial charge in [-0.1, -0.05) is 0 Å². The minimum atomic E-state index is -0.334. The second-order valence-corrected chi connectivity index (χ2v) is 5.22. The van der Waals surface area contributed by atoms with E-state index in [0.29, 0.717) is 16.9 Å². The fourth-order valence-electron chi connectivity index (χ4n) is 2.80. The van der Waals surface area contributed by atoms with Gasteiger partial charge in [-0.05, 0) is 26.0 Å². The maximum atomic E-state index is 14.0. The van der Waals surface area contributed by atoms with Crippen molar-refractivity contribution in [3.63, 3.8) is 0 Å². The molecule has 2 heterocycles. The molecule has 2 aromatic rings. The number of aromatic hydroxyl groups is 1. The predicted octanol–water partition coefficient (Wildman–Crippen LogP) is 2.43. The number of aromatic amines is 1. The molecule has 1 aromatic carbocycles.